The topological polar surface area (TPSA) is 15.3 Å². The number of hydrogen-bond donors (Lipinski definition) is 1. The normalized spacial score (nSPS) is 34.4. The molecule has 3 atom stereocenters. The van der Waals surface area contributed by atoms with E-state index in [0.717, 1.165) is 23.9 Å². The molecule has 0 radical (unpaired) electrons. The number of likely N-dealkylation sites (tertiary alicyclic amines) is 1. The first-order chi connectivity index (χ1) is 9.19. The third-order valence-corrected chi connectivity index (χ3v) is 5.38. The predicted molar refractivity (Wildman–Crippen MR) is 83.5 cm³/mol. The van der Waals surface area contributed by atoms with Gasteiger partial charge in [-0.2, -0.15) is 0 Å². The van der Waals surface area contributed by atoms with Crippen molar-refractivity contribution in [3.63, 3.8) is 0 Å². The van der Waals surface area contributed by atoms with Crippen molar-refractivity contribution < 1.29 is 0 Å². The summed E-state index contributed by atoms with van der Waals surface area (Å²) in [6.07, 6.45) is 9.93. The molecular weight excluding hydrogens is 232 g/mol. The fraction of sp³-hybridized carbons (Fsp3) is 1.00. The van der Waals surface area contributed by atoms with Crippen LogP contribution in [0, 0.1) is 11.8 Å². The van der Waals surface area contributed by atoms with Gasteiger partial charge in [-0.3, -0.25) is 0 Å². The molecule has 1 aliphatic carbocycles. The van der Waals surface area contributed by atoms with Gasteiger partial charge in [-0.15, -0.1) is 0 Å². The molecule has 2 aliphatic rings. The molecule has 1 heterocycles. The molecule has 2 rings (SSSR count). The Hall–Kier alpha value is -0.0800. The van der Waals surface area contributed by atoms with Crippen LogP contribution in [0.25, 0.3) is 0 Å². The van der Waals surface area contributed by atoms with Crippen molar-refractivity contribution in [3.05, 3.63) is 0 Å². The molecule has 2 heteroatoms. The minimum Gasteiger partial charge on any atom is -0.310 e. The van der Waals surface area contributed by atoms with Crippen LogP contribution in [-0.4, -0.2) is 36.6 Å². The van der Waals surface area contributed by atoms with Crippen molar-refractivity contribution in [2.24, 2.45) is 11.8 Å². The molecule has 0 aromatic heterocycles. The van der Waals surface area contributed by atoms with Gasteiger partial charge in [-0.05, 0) is 57.0 Å². The maximum absolute atomic E-state index is 3.98. The van der Waals surface area contributed by atoms with Crippen molar-refractivity contribution in [2.45, 2.75) is 77.8 Å². The van der Waals surface area contributed by atoms with Crippen molar-refractivity contribution in [2.75, 3.05) is 19.6 Å². The summed E-state index contributed by atoms with van der Waals surface area (Å²) in [5.41, 5.74) is 0. The number of hydrogen-bond acceptors (Lipinski definition) is 2. The Labute approximate surface area is 120 Å². The Morgan fingerprint density at radius 3 is 2.53 bits per heavy atom. The van der Waals surface area contributed by atoms with Gasteiger partial charge in [-0.1, -0.05) is 33.6 Å². The maximum Gasteiger partial charge on any atom is 0.0198 e. The first kappa shape index (κ1) is 15.3. The van der Waals surface area contributed by atoms with Crippen LogP contribution in [0.5, 0.6) is 0 Å². The third kappa shape index (κ3) is 4.75. The lowest BCUT2D eigenvalue weighted by atomic mass is 9.89. The fourth-order valence-corrected chi connectivity index (χ4v) is 3.98. The molecule has 112 valence electrons. The number of nitrogens with zero attached hydrogens (tertiary/aromatic N) is 1. The molecule has 19 heavy (non-hydrogen) atoms. The molecule has 1 saturated heterocycles. The zero-order valence-corrected chi connectivity index (χ0v) is 13.3. The molecule has 0 bridgehead atoms. The second-order valence-electron chi connectivity index (χ2n) is 7.11. The van der Waals surface area contributed by atoms with Crippen molar-refractivity contribution in [1.29, 1.82) is 0 Å². The van der Waals surface area contributed by atoms with Crippen LogP contribution in [0.3, 0.4) is 0 Å². The Morgan fingerprint density at radius 1 is 1.00 bits per heavy atom. The van der Waals surface area contributed by atoms with Gasteiger partial charge in [0.15, 0.2) is 0 Å². The molecule has 1 N–H and O–H groups in total. The van der Waals surface area contributed by atoms with Gasteiger partial charge in [0.05, 0.1) is 0 Å². The summed E-state index contributed by atoms with van der Waals surface area (Å²) in [4.78, 5) is 2.61. The van der Waals surface area contributed by atoms with Gasteiger partial charge in [0, 0.05) is 18.6 Å². The van der Waals surface area contributed by atoms with Crippen molar-refractivity contribution in [1.82, 2.24) is 10.2 Å². The Bertz CT molecular complexity index is 252. The van der Waals surface area contributed by atoms with E-state index in [9.17, 15) is 0 Å². The van der Waals surface area contributed by atoms with Crippen LogP contribution in [0.15, 0.2) is 0 Å². The minimum absolute atomic E-state index is 0.759. The molecule has 2 fully saturated rings. The van der Waals surface area contributed by atoms with Crippen LogP contribution in [0.4, 0.5) is 0 Å². The average molecular weight is 266 g/mol. The Balaban J connectivity index is 1.76. The molecule has 3 unspecified atom stereocenters. The van der Waals surface area contributed by atoms with Gasteiger partial charge in [-0.25, -0.2) is 0 Å². The standard InChI is InChI=1S/C17H34N2/c1-4-19-12-6-9-17(13-19)18-16-8-5-7-15(10-11-16)14(2)3/h14-18H,4-13H2,1-3H3. The quantitative estimate of drug-likeness (QED) is 0.781. The highest BCUT2D eigenvalue weighted by atomic mass is 15.2. The molecule has 0 aromatic carbocycles. The average Bonchev–Trinajstić information content (AvgIpc) is 2.65. The number of rotatable bonds is 4. The van der Waals surface area contributed by atoms with E-state index in [1.54, 1.807) is 0 Å². The van der Waals surface area contributed by atoms with Crippen LogP contribution in [0.2, 0.25) is 0 Å². The molecular formula is C17H34N2. The highest BCUT2D eigenvalue weighted by Gasteiger charge is 2.24. The van der Waals surface area contributed by atoms with E-state index >= 15 is 0 Å². The molecule has 0 spiro atoms. The monoisotopic (exact) mass is 266 g/mol. The van der Waals surface area contributed by atoms with Crippen LogP contribution >= 0.6 is 0 Å². The second-order valence-corrected chi connectivity index (χ2v) is 7.11. The van der Waals surface area contributed by atoms with Gasteiger partial charge in [0.1, 0.15) is 0 Å². The first-order valence-electron chi connectivity index (χ1n) is 8.67. The van der Waals surface area contributed by atoms with E-state index in [-0.39, 0.29) is 0 Å². The van der Waals surface area contributed by atoms with Crippen LogP contribution in [-0.2, 0) is 0 Å². The van der Waals surface area contributed by atoms with E-state index in [1.807, 2.05) is 0 Å². The second kappa shape index (κ2) is 7.64. The summed E-state index contributed by atoms with van der Waals surface area (Å²) in [7, 11) is 0. The van der Waals surface area contributed by atoms with Gasteiger partial charge >= 0.3 is 0 Å². The summed E-state index contributed by atoms with van der Waals surface area (Å²) in [6, 6.07) is 1.56. The lowest BCUT2D eigenvalue weighted by Crippen LogP contribution is -2.48. The molecule has 0 amide bonds. The van der Waals surface area contributed by atoms with Gasteiger partial charge in [0.2, 0.25) is 0 Å². The first-order valence-corrected chi connectivity index (χ1v) is 8.67. The molecule has 2 nitrogen and oxygen atoms in total. The predicted octanol–water partition coefficient (Wildman–Crippen LogP) is 3.67. The third-order valence-electron chi connectivity index (χ3n) is 5.38. The summed E-state index contributed by atoms with van der Waals surface area (Å²) < 4.78 is 0. The Kier molecular flexibility index (Phi) is 6.15. The Morgan fingerprint density at radius 2 is 1.79 bits per heavy atom. The smallest absolute Gasteiger partial charge is 0.0198 e. The lowest BCUT2D eigenvalue weighted by molar-refractivity contribution is 0.187. The zero-order valence-electron chi connectivity index (χ0n) is 13.3. The summed E-state index contributed by atoms with van der Waals surface area (Å²) in [6.45, 7) is 10.9. The van der Waals surface area contributed by atoms with Crippen LogP contribution < -0.4 is 5.32 Å². The van der Waals surface area contributed by atoms with E-state index in [2.05, 4.69) is 31.0 Å². The largest absolute Gasteiger partial charge is 0.310 e. The van der Waals surface area contributed by atoms with Gasteiger partial charge < -0.3 is 10.2 Å². The van der Waals surface area contributed by atoms with Crippen LogP contribution in [0.1, 0.15) is 65.7 Å². The minimum atomic E-state index is 0.759. The van der Waals surface area contributed by atoms with Crippen molar-refractivity contribution in [3.8, 4) is 0 Å². The van der Waals surface area contributed by atoms with E-state index in [4.69, 9.17) is 0 Å². The van der Waals surface area contributed by atoms with E-state index in [0.29, 0.717) is 0 Å². The van der Waals surface area contributed by atoms with E-state index < -0.39 is 0 Å². The molecule has 1 aliphatic heterocycles. The summed E-state index contributed by atoms with van der Waals surface area (Å²) in [5, 5.41) is 3.98. The maximum atomic E-state index is 3.98. The molecule has 0 aromatic rings. The highest BCUT2D eigenvalue weighted by Crippen LogP contribution is 2.29. The number of piperidine rings is 1. The lowest BCUT2D eigenvalue weighted by Gasteiger charge is -2.34. The van der Waals surface area contributed by atoms with E-state index in [1.165, 1.54) is 64.6 Å². The van der Waals surface area contributed by atoms with Gasteiger partial charge in [0.25, 0.3) is 0 Å². The zero-order chi connectivity index (χ0) is 13.7. The number of nitrogens with one attached hydrogen (secondary N) is 1. The summed E-state index contributed by atoms with van der Waals surface area (Å²) in [5.74, 6) is 1.86. The van der Waals surface area contributed by atoms with Crippen molar-refractivity contribution >= 4 is 0 Å². The molecule has 1 saturated carbocycles. The SMILES string of the molecule is CCN1CCCC(NC2CCCC(C(C)C)CC2)C1. The number of likely N-dealkylation sites (N-methyl/N-ethyl adjacent to an activating group) is 1. The summed E-state index contributed by atoms with van der Waals surface area (Å²) >= 11 is 0. The fourth-order valence-electron chi connectivity index (χ4n) is 3.98. The highest BCUT2D eigenvalue weighted by molar-refractivity contribution is 4.83.